The van der Waals surface area contributed by atoms with E-state index in [0.717, 1.165) is 24.0 Å². The maximum absolute atomic E-state index is 12.8. The van der Waals surface area contributed by atoms with Crippen molar-refractivity contribution in [1.29, 1.82) is 0 Å². The van der Waals surface area contributed by atoms with Crippen LogP contribution in [0.25, 0.3) is 0 Å². The van der Waals surface area contributed by atoms with Gasteiger partial charge in [0, 0.05) is 33.8 Å². The van der Waals surface area contributed by atoms with Crippen LogP contribution < -0.4 is 0 Å². The van der Waals surface area contributed by atoms with Crippen LogP contribution in [-0.2, 0) is 23.8 Å². The lowest BCUT2D eigenvalue weighted by Crippen LogP contribution is -2.67. The van der Waals surface area contributed by atoms with Crippen molar-refractivity contribution in [2.75, 3.05) is 6.61 Å². The van der Waals surface area contributed by atoms with Crippen molar-refractivity contribution >= 4 is 11.9 Å². The summed E-state index contributed by atoms with van der Waals surface area (Å²) < 4.78 is 23.4. The molecule has 2 saturated carbocycles. The molecule has 5 aliphatic rings. The Morgan fingerprint density at radius 3 is 2.64 bits per heavy atom. The van der Waals surface area contributed by atoms with E-state index in [0.29, 0.717) is 13.0 Å². The zero-order valence-corrected chi connectivity index (χ0v) is 19.6. The van der Waals surface area contributed by atoms with Gasteiger partial charge in [0.1, 0.15) is 12.7 Å². The average molecular weight is 457 g/mol. The zero-order chi connectivity index (χ0) is 23.4. The van der Waals surface area contributed by atoms with E-state index in [4.69, 9.17) is 18.6 Å². The Balaban J connectivity index is 1.51. The maximum Gasteiger partial charge on any atom is 0.331 e. The molecule has 1 spiro atoms. The van der Waals surface area contributed by atoms with Gasteiger partial charge in [0.25, 0.3) is 0 Å². The first-order valence-corrected chi connectivity index (χ1v) is 12.0. The summed E-state index contributed by atoms with van der Waals surface area (Å²) >= 11 is 0. The number of carbonyl (C=O) groups excluding carboxylic acids is 2. The van der Waals surface area contributed by atoms with Crippen LogP contribution in [0.15, 0.2) is 34.7 Å². The Hall–Kier alpha value is -2.12. The quantitative estimate of drug-likeness (QED) is 0.644. The van der Waals surface area contributed by atoms with Crippen LogP contribution >= 0.6 is 0 Å². The van der Waals surface area contributed by atoms with Gasteiger partial charge in [0.05, 0.1) is 36.8 Å². The molecule has 2 saturated heterocycles. The molecule has 1 aromatic heterocycles. The maximum atomic E-state index is 12.8. The molecule has 3 aliphatic heterocycles. The number of rotatable bonds is 1. The Kier molecular flexibility index (Phi) is 4.22. The van der Waals surface area contributed by atoms with E-state index in [1.54, 1.807) is 18.6 Å². The number of furan rings is 1. The average Bonchev–Trinajstić information content (AvgIpc) is 3.34. The van der Waals surface area contributed by atoms with Gasteiger partial charge < -0.3 is 23.7 Å². The molecule has 8 atom stereocenters. The third-order valence-electron chi connectivity index (χ3n) is 9.96. The highest BCUT2D eigenvalue weighted by molar-refractivity contribution is 5.85. The smallest absolute Gasteiger partial charge is 0.331 e. The number of fused-ring (bicyclic) bond motifs is 3. The van der Waals surface area contributed by atoms with Crippen molar-refractivity contribution in [2.24, 2.45) is 28.1 Å². The van der Waals surface area contributed by atoms with Gasteiger partial charge in [0.2, 0.25) is 0 Å². The summed E-state index contributed by atoms with van der Waals surface area (Å²) in [4.78, 5) is 25.1. The summed E-state index contributed by atoms with van der Waals surface area (Å²) in [5.74, 6) is -0.553. The summed E-state index contributed by atoms with van der Waals surface area (Å²) in [7, 11) is 0. The molecule has 7 nitrogen and oxygen atoms in total. The molecule has 0 aromatic carbocycles. The van der Waals surface area contributed by atoms with Gasteiger partial charge in [-0.05, 0) is 50.7 Å². The minimum absolute atomic E-state index is 0.00819. The summed E-state index contributed by atoms with van der Waals surface area (Å²) in [5, 5.41) is 11.8. The van der Waals surface area contributed by atoms with Gasteiger partial charge >= 0.3 is 11.9 Å². The second kappa shape index (κ2) is 6.51. The lowest BCUT2D eigenvalue weighted by atomic mass is 9.39. The van der Waals surface area contributed by atoms with Crippen LogP contribution in [0.3, 0.4) is 0 Å². The van der Waals surface area contributed by atoms with Crippen molar-refractivity contribution in [2.45, 2.75) is 77.3 Å². The number of ether oxygens (including phenoxy) is 3. The van der Waals surface area contributed by atoms with E-state index < -0.39 is 34.6 Å². The van der Waals surface area contributed by atoms with Crippen LogP contribution in [-0.4, -0.2) is 41.5 Å². The molecular weight excluding hydrogens is 424 g/mol. The number of aliphatic hydroxyl groups excluding tert-OH is 1. The highest BCUT2D eigenvalue weighted by Crippen LogP contribution is 2.73. The van der Waals surface area contributed by atoms with Crippen molar-refractivity contribution in [3.63, 3.8) is 0 Å². The van der Waals surface area contributed by atoms with Crippen LogP contribution in [0.5, 0.6) is 0 Å². The Morgan fingerprint density at radius 1 is 1.12 bits per heavy atom. The van der Waals surface area contributed by atoms with Gasteiger partial charge in [-0.2, -0.15) is 0 Å². The van der Waals surface area contributed by atoms with E-state index in [2.05, 4.69) is 27.7 Å². The lowest BCUT2D eigenvalue weighted by Gasteiger charge is -2.65. The number of hydrogen-bond acceptors (Lipinski definition) is 7. The molecule has 33 heavy (non-hydrogen) atoms. The second-order valence-corrected chi connectivity index (χ2v) is 11.7. The Bertz CT molecular complexity index is 1040. The third kappa shape index (κ3) is 2.53. The van der Waals surface area contributed by atoms with Crippen LogP contribution in [0, 0.1) is 28.1 Å². The summed E-state index contributed by atoms with van der Waals surface area (Å²) in [6.45, 7) is 8.67. The molecule has 2 aliphatic carbocycles. The first kappa shape index (κ1) is 21.4. The van der Waals surface area contributed by atoms with E-state index in [1.807, 2.05) is 6.07 Å². The molecule has 0 radical (unpaired) electrons. The molecule has 178 valence electrons. The molecule has 1 aromatic rings. The SMILES string of the molecule is CC1(C)O[C@H]2CC(=O)OCC23[C@H]2CC[C@]4(C)C(=CC(=O)O[C@H]4c4ccoc4)[C@]2(C)[C@H](O)C[C@@H]13. The molecule has 1 N–H and O–H groups in total. The number of carbonyl (C=O) groups is 2. The van der Waals surface area contributed by atoms with Gasteiger partial charge in [0.15, 0.2) is 0 Å². The predicted molar refractivity (Wildman–Crippen MR) is 116 cm³/mol. The van der Waals surface area contributed by atoms with Crippen molar-refractivity contribution in [3.05, 3.63) is 35.8 Å². The normalized spacial score (nSPS) is 47.9. The topological polar surface area (TPSA) is 95.2 Å². The molecule has 0 bridgehead atoms. The second-order valence-electron chi connectivity index (χ2n) is 11.7. The molecule has 0 amide bonds. The largest absolute Gasteiger partial charge is 0.472 e. The summed E-state index contributed by atoms with van der Waals surface area (Å²) in [5.41, 5.74) is -0.231. The minimum atomic E-state index is -0.670. The minimum Gasteiger partial charge on any atom is -0.472 e. The fraction of sp³-hybridized carbons (Fsp3) is 0.692. The highest BCUT2D eigenvalue weighted by Gasteiger charge is 2.74. The monoisotopic (exact) mass is 456 g/mol. The highest BCUT2D eigenvalue weighted by atomic mass is 16.6. The number of cyclic esters (lactones) is 2. The Morgan fingerprint density at radius 2 is 1.91 bits per heavy atom. The van der Waals surface area contributed by atoms with Gasteiger partial charge in [-0.3, -0.25) is 4.79 Å². The fourth-order valence-corrected chi connectivity index (χ4v) is 8.58. The van der Waals surface area contributed by atoms with Crippen molar-refractivity contribution < 1.29 is 33.3 Å². The van der Waals surface area contributed by atoms with E-state index in [-0.39, 0.29) is 35.7 Å². The van der Waals surface area contributed by atoms with E-state index in [1.165, 1.54) is 0 Å². The number of esters is 2. The zero-order valence-electron chi connectivity index (χ0n) is 19.6. The van der Waals surface area contributed by atoms with Gasteiger partial charge in [-0.1, -0.05) is 13.8 Å². The predicted octanol–water partition coefficient (Wildman–Crippen LogP) is 3.72. The molecule has 7 heteroatoms. The van der Waals surface area contributed by atoms with Gasteiger partial charge in [-0.25, -0.2) is 4.79 Å². The molecule has 1 unspecified atom stereocenters. The molecule has 4 heterocycles. The van der Waals surface area contributed by atoms with Crippen LogP contribution in [0.2, 0.25) is 0 Å². The van der Waals surface area contributed by atoms with Crippen LogP contribution in [0.1, 0.15) is 65.0 Å². The third-order valence-corrected chi connectivity index (χ3v) is 9.96. The lowest BCUT2D eigenvalue weighted by molar-refractivity contribution is -0.208. The van der Waals surface area contributed by atoms with Crippen molar-refractivity contribution in [3.8, 4) is 0 Å². The van der Waals surface area contributed by atoms with Gasteiger partial charge in [-0.15, -0.1) is 0 Å². The van der Waals surface area contributed by atoms with E-state index >= 15 is 0 Å². The molecular formula is C26H32O7. The standard InChI is InChI=1S/C26H32O7/c1-23(2)16-9-18(27)25(4)15(26(16)13-31-20(28)11-19(26)33-23)5-7-24(3)17(25)10-21(29)32-22(24)14-6-8-30-12-14/h6,8,10,12,15-16,18-19,22,27H,5,7,9,11,13H2,1-4H3/t15-,16-,18+,19-,22-,24+,25+,26?/m0/s1. The van der Waals surface area contributed by atoms with Crippen molar-refractivity contribution in [1.82, 2.24) is 0 Å². The van der Waals surface area contributed by atoms with Crippen LogP contribution in [0.4, 0.5) is 0 Å². The summed E-state index contributed by atoms with van der Waals surface area (Å²) in [6, 6.07) is 1.84. The fourth-order valence-electron chi connectivity index (χ4n) is 8.58. The first-order valence-electron chi connectivity index (χ1n) is 12.0. The van der Waals surface area contributed by atoms with E-state index in [9.17, 15) is 14.7 Å². The molecule has 4 fully saturated rings. The summed E-state index contributed by atoms with van der Waals surface area (Å²) in [6.07, 6.45) is 5.84. The molecule has 6 rings (SSSR count). The number of hydrogen-bond donors (Lipinski definition) is 1. The first-order chi connectivity index (χ1) is 15.5. The number of aliphatic hydroxyl groups is 1. The Labute approximate surface area is 193 Å².